The molecule has 2 aromatic heterocycles. The topological polar surface area (TPSA) is 111 Å². The van der Waals surface area contributed by atoms with E-state index in [1.165, 1.54) is 19.2 Å². The van der Waals surface area contributed by atoms with Crippen LogP contribution in [0.15, 0.2) is 47.6 Å². The average Bonchev–Trinajstić information content (AvgIpc) is 3.09. The van der Waals surface area contributed by atoms with E-state index in [1.807, 2.05) is 13.0 Å². The molecule has 0 aliphatic rings. The first kappa shape index (κ1) is 20.9. The fourth-order valence-electron chi connectivity index (χ4n) is 2.84. The SMILES string of the molecule is CCn1c(-c2ccnc(Nc3ccc(S(=O)(=O)NCCOC)cc3)n2)cnc1C. The maximum Gasteiger partial charge on any atom is 0.240 e. The number of benzene rings is 1. The van der Waals surface area contributed by atoms with E-state index >= 15 is 0 Å². The summed E-state index contributed by atoms with van der Waals surface area (Å²) in [6, 6.07) is 8.21. The number of sulfonamides is 1. The molecule has 2 heterocycles. The number of methoxy groups -OCH3 is 1. The van der Waals surface area contributed by atoms with Crippen molar-refractivity contribution in [2.24, 2.45) is 0 Å². The first-order chi connectivity index (χ1) is 13.9. The Morgan fingerprint density at radius 1 is 1.14 bits per heavy atom. The molecule has 0 aliphatic heterocycles. The van der Waals surface area contributed by atoms with Crippen LogP contribution in [0.25, 0.3) is 11.4 Å². The zero-order valence-electron chi connectivity index (χ0n) is 16.6. The van der Waals surface area contributed by atoms with Crippen molar-refractivity contribution in [1.29, 1.82) is 0 Å². The minimum atomic E-state index is -3.57. The van der Waals surface area contributed by atoms with Gasteiger partial charge in [0.15, 0.2) is 0 Å². The molecule has 0 spiro atoms. The van der Waals surface area contributed by atoms with Gasteiger partial charge in [0, 0.05) is 32.1 Å². The molecule has 0 saturated heterocycles. The fourth-order valence-corrected chi connectivity index (χ4v) is 3.85. The number of hydrogen-bond acceptors (Lipinski definition) is 7. The summed E-state index contributed by atoms with van der Waals surface area (Å²) in [7, 11) is -2.05. The Bertz CT molecular complexity index is 1060. The smallest absolute Gasteiger partial charge is 0.240 e. The van der Waals surface area contributed by atoms with Gasteiger partial charge in [-0.25, -0.2) is 28.1 Å². The lowest BCUT2D eigenvalue weighted by Gasteiger charge is -2.10. The second-order valence-corrected chi connectivity index (χ2v) is 8.01. The lowest BCUT2D eigenvalue weighted by atomic mass is 10.3. The quantitative estimate of drug-likeness (QED) is 0.515. The number of imidazole rings is 1. The number of hydrogen-bond donors (Lipinski definition) is 2. The van der Waals surface area contributed by atoms with Gasteiger partial charge in [-0.1, -0.05) is 0 Å². The molecule has 1 aromatic carbocycles. The third kappa shape index (κ3) is 4.97. The van der Waals surface area contributed by atoms with Gasteiger partial charge in [0.1, 0.15) is 5.82 Å². The van der Waals surface area contributed by atoms with Crippen LogP contribution < -0.4 is 10.0 Å². The molecule has 0 saturated carbocycles. The Morgan fingerprint density at radius 3 is 2.59 bits per heavy atom. The number of aromatic nitrogens is 4. The number of aryl methyl sites for hydroxylation is 1. The van der Waals surface area contributed by atoms with Gasteiger partial charge in [0.05, 0.1) is 29.1 Å². The zero-order chi connectivity index (χ0) is 20.9. The van der Waals surface area contributed by atoms with Gasteiger partial charge < -0.3 is 14.6 Å². The summed E-state index contributed by atoms with van der Waals surface area (Å²) in [6.45, 7) is 5.32. The van der Waals surface area contributed by atoms with Crippen LogP contribution in [0.3, 0.4) is 0 Å². The van der Waals surface area contributed by atoms with Crippen LogP contribution in [0.4, 0.5) is 11.6 Å². The second-order valence-electron chi connectivity index (χ2n) is 6.24. The van der Waals surface area contributed by atoms with E-state index in [0.717, 1.165) is 23.8 Å². The molecule has 0 atom stereocenters. The third-order valence-corrected chi connectivity index (χ3v) is 5.79. The molecule has 2 N–H and O–H groups in total. The number of anilines is 2. The van der Waals surface area contributed by atoms with Crippen molar-refractivity contribution in [2.75, 3.05) is 25.6 Å². The third-order valence-electron chi connectivity index (χ3n) is 4.31. The van der Waals surface area contributed by atoms with Crippen molar-refractivity contribution < 1.29 is 13.2 Å². The Morgan fingerprint density at radius 2 is 1.90 bits per heavy atom. The summed E-state index contributed by atoms with van der Waals surface area (Å²) in [5.74, 6) is 1.34. The molecular weight excluding hydrogens is 392 g/mol. The fraction of sp³-hybridized carbons (Fsp3) is 0.316. The summed E-state index contributed by atoms with van der Waals surface area (Å²) >= 11 is 0. The van der Waals surface area contributed by atoms with E-state index in [1.54, 1.807) is 24.5 Å². The van der Waals surface area contributed by atoms with Crippen LogP contribution in [0, 0.1) is 6.92 Å². The van der Waals surface area contributed by atoms with Crippen LogP contribution in [0.2, 0.25) is 0 Å². The standard InChI is InChI=1S/C19H24N6O3S/c1-4-25-14(2)21-13-18(25)17-9-10-20-19(24-17)23-15-5-7-16(8-6-15)29(26,27)22-11-12-28-3/h5-10,13,22H,4,11-12H2,1-3H3,(H,20,23,24). The summed E-state index contributed by atoms with van der Waals surface area (Å²) in [5, 5.41) is 3.10. The normalized spacial score (nSPS) is 11.6. The Balaban J connectivity index is 1.75. The first-order valence-corrected chi connectivity index (χ1v) is 10.6. The molecule has 0 amide bonds. The molecule has 0 fully saturated rings. The molecule has 3 rings (SSSR count). The number of rotatable bonds is 9. The minimum Gasteiger partial charge on any atom is -0.383 e. The van der Waals surface area contributed by atoms with Gasteiger partial charge in [0.2, 0.25) is 16.0 Å². The number of ether oxygens (including phenoxy) is 1. The lowest BCUT2D eigenvalue weighted by molar-refractivity contribution is 0.204. The molecule has 154 valence electrons. The highest BCUT2D eigenvalue weighted by molar-refractivity contribution is 7.89. The number of nitrogens with zero attached hydrogens (tertiary/aromatic N) is 4. The van der Waals surface area contributed by atoms with E-state index in [0.29, 0.717) is 18.2 Å². The average molecular weight is 417 g/mol. The second kappa shape index (κ2) is 9.12. The summed E-state index contributed by atoms with van der Waals surface area (Å²) in [4.78, 5) is 13.3. The highest BCUT2D eigenvalue weighted by atomic mass is 32.2. The lowest BCUT2D eigenvalue weighted by Crippen LogP contribution is -2.27. The van der Waals surface area contributed by atoms with Crippen molar-refractivity contribution in [3.63, 3.8) is 0 Å². The van der Waals surface area contributed by atoms with E-state index in [9.17, 15) is 8.42 Å². The monoisotopic (exact) mass is 416 g/mol. The maximum absolute atomic E-state index is 12.2. The van der Waals surface area contributed by atoms with E-state index in [4.69, 9.17) is 4.74 Å². The summed E-state index contributed by atoms with van der Waals surface area (Å²) in [5.41, 5.74) is 2.35. The van der Waals surface area contributed by atoms with Crippen LogP contribution in [-0.2, 0) is 21.3 Å². The van der Waals surface area contributed by atoms with Gasteiger partial charge >= 0.3 is 0 Å². The maximum atomic E-state index is 12.2. The van der Waals surface area contributed by atoms with Gasteiger partial charge in [-0.05, 0) is 44.2 Å². The van der Waals surface area contributed by atoms with E-state index < -0.39 is 10.0 Å². The molecule has 10 heteroatoms. The van der Waals surface area contributed by atoms with Crippen molar-refractivity contribution in [3.8, 4) is 11.4 Å². The molecule has 0 unspecified atom stereocenters. The molecule has 9 nitrogen and oxygen atoms in total. The van der Waals surface area contributed by atoms with Crippen LogP contribution in [-0.4, -0.2) is 48.2 Å². The van der Waals surface area contributed by atoms with Crippen molar-refractivity contribution in [2.45, 2.75) is 25.3 Å². The van der Waals surface area contributed by atoms with Crippen LogP contribution in [0.5, 0.6) is 0 Å². The highest BCUT2D eigenvalue weighted by Gasteiger charge is 2.13. The highest BCUT2D eigenvalue weighted by Crippen LogP contribution is 2.21. The molecule has 0 bridgehead atoms. The molecule has 29 heavy (non-hydrogen) atoms. The van der Waals surface area contributed by atoms with Crippen LogP contribution in [0.1, 0.15) is 12.7 Å². The predicted octanol–water partition coefficient (Wildman–Crippen LogP) is 2.34. The van der Waals surface area contributed by atoms with Crippen LogP contribution >= 0.6 is 0 Å². The van der Waals surface area contributed by atoms with Gasteiger partial charge in [-0.15, -0.1) is 0 Å². The Kier molecular flexibility index (Phi) is 6.57. The summed E-state index contributed by atoms with van der Waals surface area (Å²) in [6.07, 6.45) is 3.47. The summed E-state index contributed by atoms with van der Waals surface area (Å²) < 4.78 is 33.9. The predicted molar refractivity (Wildman–Crippen MR) is 110 cm³/mol. The Hall–Kier alpha value is -2.82. The largest absolute Gasteiger partial charge is 0.383 e. The van der Waals surface area contributed by atoms with Crippen molar-refractivity contribution >= 4 is 21.7 Å². The van der Waals surface area contributed by atoms with Crippen molar-refractivity contribution in [3.05, 3.63) is 48.5 Å². The van der Waals surface area contributed by atoms with Gasteiger partial charge in [-0.2, -0.15) is 0 Å². The number of nitrogens with one attached hydrogen (secondary N) is 2. The van der Waals surface area contributed by atoms with E-state index in [2.05, 4.69) is 36.5 Å². The van der Waals surface area contributed by atoms with E-state index in [-0.39, 0.29) is 11.4 Å². The Labute approximate surface area is 170 Å². The van der Waals surface area contributed by atoms with Crippen molar-refractivity contribution in [1.82, 2.24) is 24.2 Å². The zero-order valence-corrected chi connectivity index (χ0v) is 17.4. The molecule has 0 radical (unpaired) electrons. The van der Waals surface area contributed by atoms with Gasteiger partial charge in [-0.3, -0.25) is 0 Å². The van der Waals surface area contributed by atoms with Gasteiger partial charge in [0.25, 0.3) is 0 Å². The first-order valence-electron chi connectivity index (χ1n) is 9.16. The molecule has 3 aromatic rings. The molecular formula is C19H24N6O3S. The minimum absolute atomic E-state index is 0.177. The molecule has 0 aliphatic carbocycles.